The Labute approximate surface area is 163 Å². The molecule has 0 unspecified atom stereocenters. The van der Waals surface area contributed by atoms with Gasteiger partial charge in [0.15, 0.2) is 5.82 Å². The molecule has 28 heavy (non-hydrogen) atoms. The molecule has 8 heteroatoms. The van der Waals surface area contributed by atoms with Crippen molar-refractivity contribution in [2.75, 3.05) is 13.3 Å². The monoisotopic (exact) mass is 388 g/mol. The number of carbonyl (C=O) groups excluding carboxylic acids is 1. The van der Waals surface area contributed by atoms with Crippen LogP contribution in [0.15, 0.2) is 16.8 Å². The van der Waals surface area contributed by atoms with Gasteiger partial charge in [-0.25, -0.2) is 4.39 Å². The van der Waals surface area contributed by atoms with Crippen LogP contribution < -0.4 is 10.1 Å². The maximum atomic E-state index is 13.0. The topological polar surface area (TPSA) is 90.1 Å². The molecule has 1 N–H and O–H groups in total. The van der Waals surface area contributed by atoms with Gasteiger partial charge >= 0.3 is 0 Å². The van der Waals surface area contributed by atoms with E-state index in [2.05, 4.69) is 20.4 Å². The predicted molar refractivity (Wildman–Crippen MR) is 98.9 cm³/mol. The van der Waals surface area contributed by atoms with Crippen LogP contribution in [0.1, 0.15) is 72.7 Å². The molecule has 2 aliphatic rings. The number of carbonyl (C=O) groups is 1. The number of aromatic nitrogens is 3. The fourth-order valence-corrected chi connectivity index (χ4v) is 3.48. The second-order valence-electron chi connectivity index (χ2n) is 7.99. The molecule has 4 rings (SSSR count). The summed E-state index contributed by atoms with van der Waals surface area (Å²) in [4.78, 5) is 21.6. The molecule has 0 bridgehead atoms. The lowest BCUT2D eigenvalue weighted by Gasteiger charge is -2.27. The number of amides is 1. The smallest absolute Gasteiger partial charge is 0.270 e. The summed E-state index contributed by atoms with van der Waals surface area (Å²) in [6.45, 7) is 3.02. The average Bonchev–Trinajstić information content (AvgIpc) is 3.60. The Bertz CT molecular complexity index is 863. The zero-order chi connectivity index (χ0) is 19.7. The first-order valence-electron chi connectivity index (χ1n) is 9.80. The number of aryl methyl sites for hydroxylation is 1. The molecule has 2 fully saturated rings. The molecule has 0 spiro atoms. The number of pyridine rings is 1. The zero-order valence-corrected chi connectivity index (χ0v) is 16.2. The Kier molecular flexibility index (Phi) is 5.03. The molecule has 2 saturated carbocycles. The third kappa shape index (κ3) is 4.15. The van der Waals surface area contributed by atoms with E-state index >= 15 is 0 Å². The van der Waals surface area contributed by atoms with Gasteiger partial charge < -0.3 is 14.6 Å². The first-order chi connectivity index (χ1) is 13.5. The number of hydrogen-bond acceptors (Lipinski definition) is 6. The highest BCUT2D eigenvalue weighted by Crippen LogP contribution is 2.44. The number of nitrogens with zero attached hydrogens (tertiary/aromatic N) is 3. The van der Waals surface area contributed by atoms with Crippen LogP contribution in [0, 0.1) is 12.8 Å². The number of rotatable bonds is 9. The van der Waals surface area contributed by atoms with Gasteiger partial charge in [0, 0.05) is 24.8 Å². The van der Waals surface area contributed by atoms with Crippen molar-refractivity contribution < 1.29 is 18.4 Å². The molecule has 2 aromatic heterocycles. The number of hydrogen-bond donors (Lipinski definition) is 1. The van der Waals surface area contributed by atoms with Gasteiger partial charge in [-0.3, -0.25) is 9.78 Å². The van der Waals surface area contributed by atoms with Crippen LogP contribution in [0.25, 0.3) is 0 Å². The maximum absolute atomic E-state index is 13.0. The Balaban J connectivity index is 1.56. The van der Waals surface area contributed by atoms with E-state index in [0.29, 0.717) is 29.3 Å². The summed E-state index contributed by atoms with van der Waals surface area (Å²) < 4.78 is 23.2. The Morgan fingerprint density at radius 3 is 2.79 bits per heavy atom. The van der Waals surface area contributed by atoms with Crippen LogP contribution in [-0.4, -0.2) is 34.3 Å². The summed E-state index contributed by atoms with van der Waals surface area (Å²) in [7, 11) is 0. The predicted octanol–water partition coefficient (Wildman–Crippen LogP) is 3.44. The van der Waals surface area contributed by atoms with Crippen molar-refractivity contribution in [2.24, 2.45) is 5.92 Å². The molecule has 7 nitrogen and oxygen atoms in total. The van der Waals surface area contributed by atoms with Crippen molar-refractivity contribution in [3.8, 4) is 5.75 Å². The van der Waals surface area contributed by atoms with Crippen LogP contribution in [0.5, 0.6) is 5.75 Å². The second kappa shape index (κ2) is 7.48. The molecule has 2 aliphatic carbocycles. The molecule has 0 aliphatic heterocycles. The van der Waals surface area contributed by atoms with Gasteiger partial charge in [-0.15, -0.1) is 0 Å². The van der Waals surface area contributed by atoms with Crippen molar-refractivity contribution in [3.63, 3.8) is 0 Å². The van der Waals surface area contributed by atoms with Crippen LogP contribution in [0.4, 0.5) is 4.39 Å². The summed E-state index contributed by atoms with van der Waals surface area (Å²) in [6, 6.07) is 1.61. The van der Waals surface area contributed by atoms with Gasteiger partial charge in [0.05, 0.1) is 0 Å². The highest BCUT2D eigenvalue weighted by Gasteiger charge is 2.40. The number of ether oxygens (including phenoxy) is 1. The molecule has 1 amide bonds. The highest BCUT2D eigenvalue weighted by atomic mass is 19.1. The van der Waals surface area contributed by atoms with Gasteiger partial charge in [-0.1, -0.05) is 18.0 Å². The van der Waals surface area contributed by atoms with Gasteiger partial charge in [-0.05, 0) is 38.0 Å². The second-order valence-corrected chi connectivity index (χ2v) is 7.99. The Hall–Kier alpha value is -2.51. The molecule has 150 valence electrons. The fourth-order valence-electron chi connectivity index (χ4n) is 3.48. The van der Waals surface area contributed by atoms with Gasteiger partial charge in [0.1, 0.15) is 30.3 Å². The first kappa shape index (κ1) is 18.8. The minimum atomic E-state index is -0.743. The van der Waals surface area contributed by atoms with E-state index in [1.807, 2.05) is 6.92 Å². The summed E-state index contributed by atoms with van der Waals surface area (Å²) in [5, 5.41) is 7.07. The Morgan fingerprint density at radius 1 is 1.39 bits per heavy atom. The van der Waals surface area contributed by atoms with E-state index < -0.39 is 12.2 Å². The zero-order valence-electron chi connectivity index (χ0n) is 16.2. The molecule has 0 saturated heterocycles. The third-order valence-corrected chi connectivity index (χ3v) is 5.28. The molecule has 2 aromatic rings. The van der Waals surface area contributed by atoms with E-state index in [-0.39, 0.29) is 18.2 Å². The van der Waals surface area contributed by atoms with E-state index in [1.165, 1.54) is 0 Å². The first-order valence-corrected chi connectivity index (χ1v) is 9.80. The van der Waals surface area contributed by atoms with Crippen molar-refractivity contribution >= 4 is 5.91 Å². The van der Waals surface area contributed by atoms with E-state index in [4.69, 9.17) is 9.26 Å². The van der Waals surface area contributed by atoms with Gasteiger partial charge in [-0.2, -0.15) is 4.98 Å². The maximum Gasteiger partial charge on any atom is 0.270 e. The molecular formula is C20H25FN4O3. The largest absolute Gasteiger partial charge is 0.490 e. The summed E-state index contributed by atoms with van der Waals surface area (Å²) in [6.07, 6.45) is 6.82. The molecule has 0 aromatic carbocycles. The van der Waals surface area contributed by atoms with Crippen LogP contribution in [0.2, 0.25) is 0 Å². The lowest BCUT2D eigenvalue weighted by Crippen LogP contribution is -2.45. The number of alkyl halides is 1. The lowest BCUT2D eigenvalue weighted by atomic mass is 9.93. The van der Waals surface area contributed by atoms with Crippen molar-refractivity contribution in [1.29, 1.82) is 0 Å². The number of nitrogens with one attached hydrogen (secondary N) is 1. The molecule has 0 radical (unpaired) electrons. The van der Waals surface area contributed by atoms with Crippen molar-refractivity contribution in [1.82, 2.24) is 20.4 Å². The summed E-state index contributed by atoms with van der Waals surface area (Å²) in [5.74, 6) is 2.06. The Morgan fingerprint density at radius 2 is 2.18 bits per heavy atom. The van der Waals surface area contributed by atoms with Gasteiger partial charge in [0.2, 0.25) is 5.89 Å². The van der Waals surface area contributed by atoms with Crippen LogP contribution >= 0.6 is 0 Å². The third-order valence-electron chi connectivity index (χ3n) is 5.28. The number of halogens is 1. The van der Waals surface area contributed by atoms with E-state index in [1.54, 1.807) is 19.2 Å². The standard InChI is InChI=1S/C20H25FN4O3/c1-12-23-19(25-28-12)20(2,10-13-3-4-13)24-18(26)16-9-17(27-8-7-21)15(11-22-16)14-5-6-14/h9,11,13-14H,3-8,10H2,1-2H3,(H,24,26)/t20-/m0/s1. The normalized spacial score (nSPS) is 18.5. The molecule has 2 heterocycles. The van der Waals surface area contributed by atoms with Crippen LogP contribution in [0.3, 0.4) is 0 Å². The fraction of sp³-hybridized carbons (Fsp3) is 0.600. The summed E-state index contributed by atoms with van der Waals surface area (Å²) >= 11 is 0. The molecular weight excluding hydrogens is 363 g/mol. The average molecular weight is 388 g/mol. The van der Waals surface area contributed by atoms with Crippen molar-refractivity contribution in [3.05, 3.63) is 35.2 Å². The minimum Gasteiger partial charge on any atom is -0.490 e. The van der Waals surface area contributed by atoms with Crippen molar-refractivity contribution in [2.45, 2.75) is 57.4 Å². The highest BCUT2D eigenvalue weighted by molar-refractivity contribution is 5.93. The minimum absolute atomic E-state index is 0.0354. The quantitative estimate of drug-likeness (QED) is 0.708. The lowest BCUT2D eigenvalue weighted by molar-refractivity contribution is 0.0884. The van der Waals surface area contributed by atoms with Gasteiger partial charge in [0.25, 0.3) is 5.91 Å². The van der Waals surface area contributed by atoms with E-state index in [0.717, 1.165) is 37.7 Å². The summed E-state index contributed by atoms with van der Waals surface area (Å²) in [5.41, 5.74) is 0.437. The van der Waals surface area contributed by atoms with Crippen LogP contribution in [-0.2, 0) is 5.54 Å². The SMILES string of the molecule is Cc1nc([C@](C)(CC2CC2)NC(=O)c2cc(OCCF)c(C3CC3)cn2)no1. The van der Waals surface area contributed by atoms with E-state index in [9.17, 15) is 9.18 Å². The molecule has 1 atom stereocenters.